The van der Waals surface area contributed by atoms with E-state index in [1.807, 2.05) is 18.8 Å². The molecule has 1 aliphatic heterocycles. The number of hydrogen-bond acceptors (Lipinski definition) is 5. The molecule has 2 rings (SSSR count). The lowest BCUT2D eigenvalue weighted by Gasteiger charge is -2.36. The van der Waals surface area contributed by atoms with Gasteiger partial charge in [0.2, 0.25) is 0 Å². The molecule has 0 bridgehead atoms. The van der Waals surface area contributed by atoms with Crippen molar-refractivity contribution in [3.8, 4) is 0 Å². The molecular formula is C12H21N3OS. The Morgan fingerprint density at radius 3 is 3.24 bits per heavy atom. The zero-order valence-electron chi connectivity index (χ0n) is 10.6. The van der Waals surface area contributed by atoms with E-state index in [1.54, 1.807) is 11.3 Å². The normalized spacial score (nSPS) is 23.8. The summed E-state index contributed by atoms with van der Waals surface area (Å²) in [5.41, 5.74) is 1.89. The van der Waals surface area contributed by atoms with Gasteiger partial charge in [-0.15, -0.1) is 11.3 Å². The molecule has 1 fully saturated rings. The minimum absolute atomic E-state index is 0.288. The van der Waals surface area contributed by atoms with Crippen LogP contribution in [0.3, 0.4) is 0 Å². The molecule has 2 unspecified atom stereocenters. The van der Waals surface area contributed by atoms with Gasteiger partial charge in [-0.25, -0.2) is 0 Å². The fraction of sp³-hybridized carbons (Fsp3) is 0.750. The van der Waals surface area contributed by atoms with Crippen LogP contribution in [-0.2, 0) is 11.2 Å². The Hall–Kier alpha value is -0.490. The quantitative estimate of drug-likeness (QED) is 0.851. The second kappa shape index (κ2) is 6.44. The largest absolute Gasteiger partial charge is 0.374 e. The molecule has 17 heavy (non-hydrogen) atoms. The highest BCUT2D eigenvalue weighted by atomic mass is 32.1. The number of aromatic nitrogens is 1. The smallest absolute Gasteiger partial charge is 0.0858 e. The van der Waals surface area contributed by atoms with E-state index >= 15 is 0 Å². The van der Waals surface area contributed by atoms with Gasteiger partial charge < -0.3 is 10.1 Å². The van der Waals surface area contributed by atoms with Crippen molar-refractivity contribution in [1.29, 1.82) is 0 Å². The van der Waals surface area contributed by atoms with E-state index in [4.69, 9.17) is 4.74 Å². The van der Waals surface area contributed by atoms with E-state index in [9.17, 15) is 0 Å². The van der Waals surface area contributed by atoms with Crippen LogP contribution in [0.2, 0.25) is 0 Å². The van der Waals surface area contributed by atoms with Crippen LogP contribution >= 0.6 is 11.3 Å². The summed E-state index contributed by atoms with van der Waals surface area (Å²) in [6, 6.07) is 0.379. The summed E-state index contributed by atoms with van der Waals surface area (Å²) in [6.45, 7) is 6.25. The molecule has 0 aliphatic carbocycles. The van der Waals surface area contributed by atoms with Crippen molar-refractivity contribution in [2.75, 3.05) is 33.3 Å². The fourth-order valence-electron chi connectivity index (χ4n) is 2.24. The van der Waals surface area contributed by atoms with Crippen LogP contribution < -0.4 is 5.32 Å². The summed E-state index contributed by atoms with van der Waals surface area (Å²) in [5.74, 6) is 0. The maximum atomic E-state index is 5.89. The molecule has 1 aromatic heterocycles. The Kier molecular flexibility index (Phi) is 4.91. The maximum absolute atomic E-state index is 5.89. The average molecular weight is 255 g/mol. The number of morpholine rings is 1. The highest BCUT2D eigenvalue weighted by Gasteiger charge is 2.26. The Labute approximate surface area is 107 Å². The molecule has 0 aromatic carbocycles. The van der Waals surface area contributed by atoms with Crippen LogP contribution in [0.15, 0.2) is 11.7 Å². The van der Waals surface area contributed by atoms with Crippen LogP contribution in [-0.4, -0.2) is 55.3 Å². The standard InChI is InChI=1S/C12H21N3OS/c1-3-15-4-5-16-12(8-15)11(13-2)6-10-7-14-9-17-10/h7,9,11-13H,3-6,8H2,1-2H3. The van der Waals surface area contributed by atoms with E-state index in [1.165, 1.54) is 4.88 Å². The number of likely N-dealkylation sites (N-methyl/N-ethyl adjacent to an activating group) is 2. The first kappa shape index (κ1) is 13.0. The maximum Gasteiger partial charge on any atom is 0.0858 e. The topological polar surface area (TPSA) is 37.4 Å². The summed E-state index contributed by atoms with van der Waals surface area (Å²) in [6.07, 6.45) is 3.24. The molecule has 0 saturated carbocycles. The highest BCUT2D eigenvalue weighted by Crippen LogP contribution is 2.15. The molecule has 0 radical (unpaired) electrons. The van der Waals surface area contributed by atoms with Crippen molar-refractivity contribution >= 4 is 11.3 Å². The van der Waals surface area contributed by atoms with Crippen LogP contribution in [0, 0.1) is 0 Å². The van der Waals surface area contributed by atoms with Gasteiger partial charge in [-0.1, -0.05) is 6.92 Å². The second-order valence-corrected chi connectivity index (χ2v) is 5.34. The minimum atomic E-state index is 0.288. The number of hydrogen-bond donors (Lipinski definition) is 1. The van der Waals surface area contributed by atoms with Gasteiger partial charge in [0.05, 0.1) is 18.2 Å². The van der Waals surface area contributed by atoms with Gasteiger partial charge in [0.15, 0.2) is 0 Å². The Bertz CT molecular complexity index is 318. The fourth-order valence-corrected chi connectivity index (χ4v) is 2.90. The van der Waals surface area contributed by atoms with Crippen molar-refractivity contribution in [3.63, 3.8) is 0 Å². The molecule has 2 atom stereocenters. The van der Waals surface area contributed by atoms with Crippen LogP contribution in [0.5, 0.6) is 0 Å². The summed E-state index contributed by atoms with van der Waals surface area (Å²) >= 11 is 1.72. The summed E-state index contributed by atoms with van der Waals surface area (Å²) in [4.78, 5) is 7.90. The zero-order valence-corrected chi connectivity index (χ0v) is 11.4. The summed E-state index contributed by atoms with van der Waals surface area (Å²) < 4.78 is 5.89. The molecule has 1 saturated heterocycles. The van der Waals surface area contributed by atoms with Crippen LogP contribution in [0.1, 0.15) is 11.8 Å². The molecule has 1 aliphatic rings. The number of rotatable bonds is 5. The van der Waals surface area contributed by atoms with Gasteiger partial charge in [0, 0.05) is 36.6 Å². The lowest BCUT2D eigenvalue weighted by Crippen LogP contribution is -2.52. The molecule has 1 aromatic rings. The molecule has 4 nitrogen and oxygen atoms in total. The summed E-state index contributed by atoms with van der Waals surface area (Å²) in [5, 5.41) is 3.38. The lowest BCUT2D eigenvalue weighted by molar-refractivity contribution is -0.0434. The Balaban J connectivity index is 1.93. The molecule has 1 N–H and O–H groups in total. The lowest BCUT2D eigenvalue weighted by atomic mass is 10.1. The SMILES string of the molecule is CCN1CCOC(C(Cc2cncs2)NC)C1. The van der Waals surface area contributed by atoms with Crippen molar-refractivity contribution in [3.05, 3.63) is 16.6 Å². The molecular weight excluding hydrogens is 234 g/mol. The summed E-state index contributed by atoms with van der Waals surface area (Å²) in [7, 11) is 2.01. The van der Waals surface area contributed by atoms with E-state index in [2.05, 4.69) is 22.1 Å². The van der Waals surface area contributed by atoms with Crippen molar-refractivity contribution in [2.45, 2.75) is 25.5 Å². The number of thiazole rings is 1. The third kappa shape index (κ3) is 3.48. The minimum Gasteiger partial charge on any atom is -0.374 e. The van der Waals surface area contributed by atoms with Crippen molar-refractivity contribution in [2.24, 2.45) is 0 Å². The first-order chi connectivity index (χ1) is 8.33. The van der Waals surface area contributed by atoms with Crippen LogP contribution in [0.25, 0.3) is 0 Å². The first-order valence-corrected chi connectivity index (χ1v) is 7.10. The van der Waals surface area contributed by atoms with E-state index in [0.717, 1.165) is 32.7 Å². The van der Waals surface area contributed by atoms with Crippen LogP contribution in [0.4, 0.5) is 0 Å². The van der Waals surface area contributed by atoms with Gasteiger partial charge in [0.1, 0.15) is 0 Å². The first-order valence-electron chi connectivity index (χ1n) is 6.22. The Morgan fingerprint density at radius 1 is 1.71 bits per heavy atom. The van der Waals surface area contributed by atoms with Gasteiger partial charge in [-0.3, -0.25) is 9.88 Å². The average Bonchev–Trinajstić information content (AvgIpc) is 2.89. The van der Waals surface area contributed by atoms with Gasteiger partial charge in [-0.2, -0.15) is 0 Å². The molecule has 2 heterocycles. The number of ether oxygens (including phenoxy) is 1. The predicted molar refractivity (Wildman–Crippen MR) is 70.5 cm³/mol. The van der Waals surface area contributed by atoms with E-state index in [-0.39, 0.29) is 6.10 Å². The molecule has 0 amide bonds. The zero-order chi connectivity index (χ0) is 12.1. The number of nitrogens with one attached hydrogen (secondary N) is 1. The predicted octanol–water partition coefficient (Wildman–Crippen LogP) is 0.994. The third-order valence-electron chi connectivity index (χ3n) is 3.35. The third-order valence-corrected chi connectivity index (χ3v) is 4.15. The second-order valence-electron chi connectivity index (χ2n) is 4.37. The van der Waals surface area contributed by atoms with Crippen molar-refractivity contribution in [1.82, 2.24) is 15.2 Å². The Morgan fingerprint density at radius 2 is 2.59 bits per heavy atom. The molecule has 96 valence electrons. The van der Waals surface area contributed by atoms with E-state index < -0.39 is 0 Å². The highest BCUT2D eigenvalue weighted by molar-refractivity contribution is 7.09. The molecule has 0 spiro atoms. The monoisotopic (exact) mass is 255 g/mol. The van der Waals surface area contributed by atoms with Gasteiger partial charge in [-0.05, 0) is 13.6 Å². The van der Waals surface area contributed by atoms with Crippen molar-refractivity contribution < 1.29 is 4.74 Å². The van der Waals surface area contributed by atoms with Gasteiger partial charge >= 0.3 is 0 Å². The number of nitrogens with zero attached hydrogens (tertiary/aromatic N) is 2. The van der Waals surface area contributed by atoms with Gasteiger partial charge in [0.25, 0.3) is 0 Å². The molecule has 5 heteroatoms. The van der Waals surface area contributed by atoms with E-state index in [0.29, 0.717) is 6.04 Å².